The molecule has 0 radical (unpaired) electrons. The van der Waals surface area contributed by atoms with Crippen LogP contribution in [0.4, 0.5) is 0 Å². The minimum atomic E-state index is -3.39. The van der Waals surface area contributed by atoms with Crippen LogP contribution in [0.1, 0.15) is 51.6 Å². The van der Waals surface area contributed by atoms with Crippen LogP contribution in [0.5, 0.6) is 0 Å². The molecule has 1 rings (SSSR count). The van der Waals surface area contributed by atoms with Crippen LogP contribution in [-0.2, 0) is 10.0 Å². The largest absolute Gasteiger partial charge is 0.310 e. The minimum Gasteiger partial charge on any atom is -0.310 e. The fourth-order valence-corrected chi connectivity index (χ4v) is 3.03. The first-order valence-electron chi connectivity index (χ1n) is 7.34. The SMILES string of the molecule is CCCCNS(=O)(=O)c1cccc(C(C)NCCC)c1. The second kappa shape index (κ2) is 8.39. The van der Waals surface area contributed by atoms with E-state index in [0.29, 0.717) is 11.4 Å². The van der Waals surface area contributed by atoms with Gasteiger partial charge in [-0.15, -0.1) is 0 Å². The van der Waals surface area contributed by atoms with E-state index in [4.69, 9.17) is 0 Å². The molecule has 20 heavy (non-hydrogen) atoms. The Balaban J connectivity index is 2.81. The lowest BCUT2D eigenvalue weighted by Gasteiger charge is -2.15. The monoisotopic (exact) mass is 298 g/mol. The molecule has 0 aliphatic carbocycles. The van der Waals surface area contributed by atoms with Crippen LogP contribution in [0, 0.1) is 0 Å². The van der Waals surface area contributed by atoms with Gasteiger partial charge in [0.1, 0.15) is 0 Å². The van der Waals surface area contributed by atoms with Crippen molar-refractivity contribution in [2.24, 2.45) is 0 Å². The molecule has 2 N–H and O–H groups in total. The maximum absolute atomic E-state index is 12.2. The quantitative estimate of drug-likeness (QED) is 0.689. The van der Waals surface area contributed by atoms with E-state index in [2.05, 4.69) is 17.0 Å². The summed E-state index contributed by atoms with van der Waals surface area (Å²) in [5.41, 5.74) is 0.997. The molecular formula is C15H26N2O2S. The number of nitrogens with one attached hydrogen (secondary N) is 2. The normalized spacial score (nSPS) is 13.3. The van der Waals surface area contributed by atoms with Crippen molar-refractivity contribution in [1.82, 2.24) is 10.0 Å². The van der Waals surface area contributed by atoms with Crippen molar-refractivity contribution in [1.29, 1.82) is 0 Å². The zero-order valence-corrected chi connectivity index (χ0v) is 13.5. The van der Waals surface area contributed by atoms with Gasteiger partial charge < -0.3 is 5.32 Å². The zero-order chi connectivity index (χ0) is 15.0. The Hall–Kier alpha value is -0.910. The minimum absolute atomic E-state index is 0.153. The fraction of sp³-hybridized carbons (Fsp3) is 0.600. The Morgan fingerprint density at radius 3 is 2.55 bits per heavy atom. The maximum Gasteiger partial charge on any atom is 0.240 e. The van der Waals surface area contributed by atoms with Gasteiger partial charge in [-0.25, -0.2) is 13.1 Å². The molecule has 0 amide bonds. The van der Waals surface area contributed by atoms with Crippen molar-refractivity contribution in [2.45, 2.75) is 51.0 Å². The van der Waals surface area contributed by atoms with Gasteiger partial charge in [0.15, 0.2) is 0 Å². The van der Waals surface area contributed by atoms with Crippen molar-refractivity contribution >= 4 is 10.0 Å². The first-order valence-corrected chi connectivity index (χ1v) is 8.82. The molecule has 0 aliphatic rings. The lowest BCUT2D eigenvalue weighted by molar-refractivity contribution is 0.566. The summed E-state index contributed by atoms with van der Waals surface area (Å²) in [5.74, 6) is 0. The van der Waals surface area contributed by atoms with Crippen LogP contribution in [-0.4, -0.2) is 21.5 Å². The first-order chi connectivity index (χ1) is 9.51. The highest BCUT2D eigenvalue weighted by atomic mass is 32.2. The van der Waals surface area contributed by atoms with Gasteiger partial charge in [0, 0.05) is 12.6 Å². The summed E-state index contributed by atoms with van der Waals surface area (Å²) in [6.45, 7) is 7.61. The number of sulfonamides is 1. The molecular weight excluding hydrogens is 272 g/mol. The lowest BCUT2D eigenvalue weighted by atomic mass is 10.1. The predicted octanol–water partition coefficient (Wildman–Crippen LogP) is 2.83. The first kappa shape index (κ1) is 17.1. The van der Waals surface area contributed by atoms with Gasteiger partial charge in [0.2, 0.25) is 10.0 Å². The third kappa shape index (κ3) is 5.23. The molecule has 4 nitrogen and oxygen atoms in total. The molecule has 0 saturated heterocycles. The number of unbranched alkanes of at least 4 members (excludes halogenated alkanes) is 1. The van der Waals surface area contributed by atoms with Crippen LogP contribution < -0.4 is 10.0 Å². The topological polar surface area (TPSA) is 58.2 Å². The molecule has 1 aromatic carbocycles. The summed E-state index contributed by atoms with van der Waals surface area (Å²) in [6, 6.07) is 7.30. The van der Waals surface area contributed by atoms with Crippen molar-refractivity contribution in [3.63, 3.8) is 0 Å². The fourth-order valence-electron chi connectivity index (χ4n) is 1.90. The predicted molar refractivity (Wildman–Crippen MR) is 83.2 cm³/mol. The molecule has 0 heterocycles. The molecule has 0 fully saturated rings. The molecule has 0 bridgehead atoms. The average Bonchev–Trinajstić information content (AvgIpc) is 2.45. The highest BCUT2D eigenvalue weighted by molar-refractivity contribution is 7.89. The second-order valence-corrected chi connectivity index (χ2v) is 6.77. The summed E-state index contributed by atoms with van der Waals surface area (Å²) in [6.07, 6.45) is 2.88. The molecule has 1 atom stereocenters. The molecule has 0 aliphatic heterocycles. The van der Waals surface area contributed by atoms with E-state index < -0.39 is 10.0 Å². The van der Waals surface area contributed by atoms with E-state index in [1.807, 2.05) is 19.9 Å². The Labute approximate surface area is 123 Å². The highest BCUT2D eigenvalue weighted by Gasteiger charge is 2.14. The average molecular weight is 298 g/mol. The summed E-state index contributed by atoms with van der Waals surface area (Å²) >= 11 is 0. The second-order valence-electron chi connectivity index (χ2n) is 5.00. The molecule has 0 spiro atoms. The zero-order valence-electron chi connectivity index (χ0n) is 12.6. The van der Waals surface area contributed by atoms with Gasteiger partial charge in [-0.1, -0.05) is 32.4 Å². The molecule has 0 saturated carbocycles. The molecule has 0 aromatic heterocycles. The van der Waals surface area contributed by atoms with Gasteiger partial charge in [-0.05, 0) is 44.0 Å². The van der Waals surface area contributed by atoms with E-state index in [-0.39, 0.29) is 6.04 Å². The van der Waals surface area contributed by atoms with Crippen molar-refractivity contribution in [3.8, 4) is 0 Å². The standard InChI is InChI=1S/C15H26N2O2S/c1-4-6-11-17-20(18,19)15-9-7-8-14(12-15)13(3)16-10-5-2/h7-9,12-13,16-17H,4-6,10-11H2,1-3H3. The smallest absolute Gasteiger partial charge is 0.240 e. The number of hydrogen-bond acceptors (Lipinski definition) is 3. The van der Waals surface area contributed by atoms with Crippen LogP contribution in [0.3, 0.4) is 0 Å². The van der Waals surface area contributed by atoms with Crippen molar-refractivity contribution < 1.29 is 8.42 Å². The Kier molecular flexibility index (Phi) is 7.19. The van der Waals surface area contributed by atoms with Crippen molar-refractivity contribution in [3.05, 3.63) is 29.8 Å². The van der Waals surface area contributed by atoms with E-state index in [1.54, 1.807) is 18.2 Å². The molecule has 114 valence electrons. The van der Waals surface area contributed by atoms with Gasteiger partial charge in [-0.2, -0.15) is 0 Å². The van der Waals surface area contributed by atoms with Crippen LogP contribution in [0.15, 0.2) is 29.2 Å². The number of benzene rings is 1. The lowest BCUT2D eigenvalue weighted by Crippen LogP contribution is -2.25. The third-order valence-electron chi connectivity index (χ3n) is 3.19. The summed E-state index contributed by atoms with van der Waals surface area (Å²) in [7, 11) is -3.39. The van der Waals surface area contributed by atoms with Crippen LogP contribution >= 0.6 is 0 Å². The summed E-state index contributed by atoms with van der Waals surface area (Å²) in [4.78, 5) is 0.344. The molecule has 1 aromatic rings. The Morgan fingerprint density at radius 2 is 1.90 bits per heavy atom. The maximum atomic E-state index is 12.2. The van der Waals surface area contributed by atoms with E-state index in [1.165, 1.54) is 0 Å². The van der Waals surface area contributed by atoms with Crippen molar-refractivity contribution in [2.75, 3.05) is 13.1 Å². The van der Waals surface area contributed by atoms with Gasteiger partial charge in [-0.3, -0.25) is 0 Å². The number of hydrogen-bond donors (Lipinski definition) is 2. The Bertz CT molecular complexity index is 500. The van der Waals surface area contributed by atoms with Crippen LogP contribution in [0.2, 0.25) is 0 Å². The van der Waals surface area contributed by atoms with Crippen LogP contribution in [0.25, 0.3) is 0 Å². The summed E-state index contributed by atoms with van der Waals surface area (Å²) < 4.78 is 27.0. The van der Waals surface area contributed by atoms with E-state index in [9.17, 15) is 8.42 Å². The Morgan fingerprint density at radius 1 is 1.15 bits per heavy atom. The summed E-state index contributed by atoms with van der Waals surface area (Å²) in [5, 5.41) is 3.36. The third-order valence-corrected chi connectivity index (χ3v) is 4.65. The van der Waals surface area contributed by atoms with E-state index >= 15 is 0 Å². The van der Waals surface area contributed by atoms with E-state index in [0.717, 1.165) is 31.4 Å². The van der Waals surface area contributed by atoms with Gasteiger partial charge in [0.05, 0.1) is 4.90 Å². The number of rotatable bonds is 9. The highest BCUT2D eigenvalue weighted by Crippen LogP contribution is 2.17. The molecule has 1 unspecified atom stereocenters. The van der Waals surface area contributed by atoms with Gasteiger partial charge >= 0.3 is 0 Å². The molecule has 5 heteroatoms. The van der Waals surface area contributed by atoms with Gasteiger partial charge in [0.25, 0.3) is 0 Å².